The fraction of sp³-hybridized carbons (Fsp3) is 0.500. The van der Waals surface area contributed by atoms with Crippen LogP contribution in [0.5, 0.6) is 0 Å². The summed E-state index contributed by atoms with van der Waals surface area (Å²) in [5, 5.41) is 16.1. The molecule has 1 atom stereocenters. The molecule has 0 spiro atoms. The number of hydrogen-bond donors (Lipinski definition) is 4. The number of benzene rings is 1. The van der Waals surface area contributed by atoms with Gasteiger partial charge in [0.25, 0.3) is 0 Å². The van der Waals surface area contributed by atoms with E-state index in [4.69, 9.17) is 5.11 Å². The minimum atomic E-state index is -0.364. The molecule has 2 amide bonds. The highest BCUT2D eigenvalue weighted by Gasteiger charge is 2.23. The third-order valence-corrected chi connectivity index (χ3v) is 4.46. The minimum Gasteiger partial charge on any atom is -0.396 e. The Morgan fingerprint density at radius 2 is 2.17 bits per heavy atom. The molecule has 0 saturated heterocycles. The molecule has 0 saturated carbocycles. The second-order valence-electron chi connectivity index (χ2n) is 6.38. The lowest BCUT2D eigenvalue weighted by Crippen LogP contribution is -2.50. The molecule has 0 radical (unpaired) electrons. The van der Waals surface area contributed by atoms with Crippen LogP contribution in [0.25, 0.3) is 10.9 Å². The van der Waals surface area contributed by atoms with Gasteiger partial charge in [-0.1, -0.05) is 19.1 Å². The third-order valence-electron chi connectivity index (χ3n) is 4.46. The number of aromatic amines is 1. The van der Waals surface area contributed by atoms with E-state index in [1.807, 2.05) is 20.0 Å². The number of nitrogens with one attached hydrogen (secondary N) is 3. The maximum absolute atomic E-state index is 12.0. The standard InChI is InChI=1S/C18H27N3O2/c1-4-18(3,8-10-22)21-17(23)19-9-7-14-12-20-16-11-13(2)5-6-15(14)16/h5-6,11-12,20,22H,4,7-10H2,1-3H3,(H2,19,21,23). The number of amides is 2. The van der Waals surface area contributed by atoms with Gasteiger partial charge in [0, 0.05) is 35.8 Å². The van der Waals surface area contributed by atoms with Gasteiger partial charge >= 0.3 is 6.03 Å². The number of aliphatic hydroxyl groups excluding tert-OH is 1. The molecule has 1 unspecified atom stereocenters. The van der Waals surface area contributed by atoms with E-state index in [-0.39, 0.29) is 18.2 Å². The van der Waals surface area contributed by atoms with Gasteiger partial charge in [0.1, 0.15) is 0 Å². The summed E-state index contributed by atoms with van der Waals surface area (Å²) in [4.78, 5) is 15.3. The van der Waals surface area contributed by atoms with Crippen molar-refractivity contribution in [1.82, 2.24) is 15.6 Å². The van der Waals surface area contributed by atoms with Crippen LogP contribution in [-0.4, -0.2) is 34.8 Å². The zero-order valence-electron chi connectivity index (χ0n) is 14.2. The summed E-state index contributed by atoms with van der Waals surface area (Å²) < 4.78 is 0. The smallest absolute Gasteiger partial charge is 0.315 e. The highest BCUT2D eigenvalue weighted by molar-refractivity contribution is 5.84. The average Bonchev–Trinajstić information content (AvgIpc) is 2.89. The van der Waals surface area contributed by atoms with Crippen molar-refractivity contribution in [3.63, 3.8) is 0 Å². The molecule has 126 valence electrons. The number of H-pyrrole nitrogens is 1. The van der Waals surface area contributed by atoms with Crippen LogP contribution in [0.15, 0.2) is 24.4 Å². The molecule has 1 aromatic carbocycles. The highest BCUT2D eigenvalue weighted by atomic mass is 16.3. The van der Waals surface area contributed by atoms with Crippen molar-refractivity contribution in [3.05, 3.63) is 35.5 Å². The first kappa shape index (κ1) is 17.3. The predicted molar refractivity (Wildman–Crippen MR) is 93.7 cm³/mol. The van der Waals surface area contributed by atoms with Crippen LogP contribution >= 0.6 is 0 Å². The molecule has 1 heterocycles. The molecular formula is C18H27N3O2. The number of carbonyl (C=O) groups excluding carboxylic acids is 1. The molecule has 5 nitrogen and oxygen atoms in total. The summed E-state index contributed by atoms with van der Waals surface area (Å²) in [5.74, 6) is 0. The van der Waals surface area contributed by atoms with Crippen molar-refractivity contribution in [2.75, 3.05) is 13.2 Å². The molecule has 0 fully saturated rings. The summed E-state index contributed by atoms with van der Waals surface area (Å²) in [7, 11) is 0. The van der Waals surface area contributed by atoms with Crippen LogP contribution in [0.1, 0.15) is 37.8 Å². The lowest BCUT2D eigenvalue weighted by atomic mass is 9.95. The van der Waals surface area contributed by atoms with Gasteiger partial charge in [0.2, 0.25) is 0 Å². The Hall–Kier alpha value is -2.01. The number of aryl methyl sites for hydroxylation is 1. The number of rotatable bonds is 7. The second kappa shape index (κ2) is 7.51. The summed E-state index contributed by atoms with van der Waals surface area (Å²) >= 11 is 0. The minimum absolute atomic E-state index is 0.0688. The van der Waals surface area contributed by atoms with Crippen molar-refractivity contribution >= 4 is 16.9 Å². The van der Waals surface area contributed by atoms with Crippen LogP contribution in [-0.2, 0) is 6.42 Å². The Labute approximate surface area is 137 Å². The quantitative estimate of drug-likeness (QED) is 0.634. The lowest BCUT2D eigenvalue weighted by Gasteiger charge is -2.29. The van der Waals surface area contributed by atoms with Crippen LogP contribution in [0.4, 0.5) is 4.79 Å². The zero-order chi connectivity index (χ0) is 16.9. The van der Waals surface area contributed by atoms with E-state index in [0.717, 1.165) is 18.4 Å². The molecular weight excluding hydrogens is 290 g/mol. The number of hydrogen-bond acceptors (Lipinski definition) is 2. The molecule has 5 heteroatoms. The van der Waals surface area contributed by atoms with Crippen LogP contribution < -0.4 is 10.6 Å². The topological polar surface area (TPSA) is 77.2 Å². The van der Waals surface area contributed by atoms with Gasteiger partial charge in [-0.3, -0.25) is 0 Å². The zero-order valence-corrected chi connectivity index (χ0v) is 14.2. The first-order valence-corrected chi connectivity index (χ1v) is 8.21. The maximum Gasteiger partial charge on any atom is 0.315 e. The molecule has 4 N–H and O–H groups in total. The summed E-state index contributed by atoms with van der Waals surface area (Å²) in [5.41, 5.74) is 3.20. The van der Waals surface area contributed by atoms with Crippen LogP contribution in [0.3, 0.4) is 0 Å². The summed E-state index contributed by atoms with van der Waals surface area (Å²) in [6, 6.07) is 6.16. The van der Waals surface area contributed by atoms with Crippen molar-refractivity contribution < 1.29 is 9.90 Å². The Kier molecular flexibility index (Phi) is 5.66. The number of fused-ring (bicyclic) bond motifs is 1. The number of urea groups is 1. The number of aromatic nitrogens is 1. The Morgan fingerprint density at radius 3 is 2.87 bits per heavy atom. The summed E-state index contributed by atoms with van der Waals surface area (Å²) in [6.45, 7) is 6.67. The van der Waals surface area contributed by atoms with Crippen molar-refractivity contribution in [2.45, 2.75) is 45.6 Å². The van der Waals surface area contributed by atoms with E-state index >= 15 is 0 Å². The second-order valence-corrected chi connectivity index (χ2v) is 6.38. The molecule has 0 bridgehead atoms. The number of aliphatic hydroxyl groups is 1. The van der Waals surface area contributed by atoms with Gasteiger partial charge < -0.3 is 20.7 Å². The van der Waals surface area contributed by atoms with Crippen LogP contribution in [0.2, 0.25) is 0 Å². The van der Waals surface area contributed by atoms with Gasteiger partial charge in [-0.05, 0) is 50.3 Å². The maximum atomic E-state index is 12.0. The normalized spacial score (nSPS) is 13.7. The van der Waals surface area contributed by atoms with E-state index in [9.17, 15) is 4.79 Å². The van der Waals surface area contributed by atoms with E-state index in [1.54, 1.807) is 0 Å². The first-order chi connectivity index (χ1) is 11.0. The van der Waals surface area contributed by atoms with Crippen molar-refractivity contribution in [3.8, 4) is 0 Å². The largest absolute Gasteiger partial charge is 0.396 e. The fourth-order valence-corrected chi connectivity index (χ4v) is 2.71. The predicted octanol–water partition coefficient (Wildman–Crippen LogP) is 2.87. The van der Waals surface area contributed by atoms with E-state index in [0.29, 0.717) is 13.0 Å². The van der Waals surface area contributed by atoms with Gasteiger partial charge in [-0.25, -0.2) is 4.79 Å². The van der Waals surface area contributed by atoms with Gasteiger partial charge in [-0.2, -0.15) is 0 Å². The molecule has 1 aromatic heterocycles. The highest BCUT2D eigenvalue weighted by Crippen LogP contribution is 2.19. The monoisotopic (exact) mass is 317 g/mol. The molecule has 23 heavy (non-hydrogen) atoms. The molecule has 0 aliphatic carbocycles. The van der Waals surface area contributed by atoms with Crippen molar-refractivity contribution in [1.29, 1.82) is 0 Å². The number of carbonyl (C=O) groups is 1. The first-order valence-electron chi connectivity index (χ1n) is 8.21. The molecule has 0 aliphatic heterocycles. The van der Waals surface area contributed by atoms with E-state index < -0.39 is 0 Å². The van der Waals surface area contributed by atoms with Crippen molar-refractivity contribution in [2.24, 2.45) is 0 Å². The molecule has 2 aromatic rings. The van der Waals surface area contributed by atoms with Gasteiger partial charge in [0.15, 0.2) is 0 Å². The molecule has 2 rings (SSSR count). The third kappa shape index (κ3) is 4.48. The van der Waals surface area contributed by atoms with Gasteiger partial charge in [0.05, 0.1) is 0 Å². The summed E-state index contributed by atoms with van der Waals surface area (Å²) in [6.07, 6.45) is 4.12. The van der Waals surface area contributed by atoms with E-state index in [1.165, 1.54) is 16.5 Å². The SMILES string of the molecule is CCC(C)(CCO)NC(=O)NCCc1c[nH]c2cc(C)ccc12. The van der Waals surface area contributed by atoms with Crippen LogP contribution in [0, 0.1) is 6.92 Å². The Balaban J connectivity index is 1.87. The Bertz CT molecular complexity index is 665. The fourth-order valence-electron chi connectivity index (χ4n) is 2.71. The average molecular weight is 317 g/mol. The Morgan fingerprint density at radius 1 is 1.39 bits per heavy atom. The van der Waals surface area contributed by atoms with E-state index in [2.05, 4.69) is 40.7 Å². The van der Waals surface area contributed by atoms with Gasteiger partial charge in [-0.15, -0.1) is 0 Å². The lowest BCUT2D eigenvalue weighted by molar-refractivity contribution is 0.201. The molecule has 0 aliphatic rings.